The van der Waals surface area contributed by atoms with Crippen molar-refractivity contribution < 1.29 is 23.9 Å². The van der Waals surface area contributed by atoms with E-state index in [2.05, 4.69) is 15.6 Å². The van der Waals surface area contributed by atoms with Gasteiger partial charge < -0.3 is 25.1 Å². The van der Waals surface area contributed by atoms with Gasteiger partial charge in [-0.05, 0) is 47.7 Å². The third kappa shape index (κ3) is 4.36. The molecular weight excluding hydrogens is 412 g/mol. The molecule has 1 aliphatic heterocycles. The summed E-state index contributed by atoms with van der Waals surface area (Å²) in [6.07, 6.45) is 2.13. The maximum Gasteiger partial charge on any atom is 0.324 e. The number of imide groups is 1. The van der Waals surface area contributed by atoms with Gasteiger partial charge in [0.2, 0.25) is 5.91 Å². The normalized spacial score (nSPS) is 15.7. The fourth-order valence-electron chi connectivity index (χ4n) is 3.73. The standard InChI is InChI=1S/C23H24N4O5/c1-31-19-6-3-14(11-20(19)32-2)8-10-27-22(29)18(26-23(27)30)13-21(28)25-16-5-4-15-7-9-24-17(15)12-16/h3-7,9,11-12,18,24H,8,10,13H2,1-2H3,(H,25,28)(H,26,30). The third-order valence-corrected chi connectivity index (χ3v) is 5.41. The van der Waals surface area contributed by atoms with Crippen LogP contribution in [-0.4, -0.2) is 54.5 Å². The smallest absolute Gasteiger partial charge is 0.324 e. The number of anilines is 1. The van der Waals surface area contributed by atoms with Crippen LogP contribution in [0.5, 0.6) is 11.5 Å². The molecule has 1 atom stereocenters. The molecule has 0 bridgehead atoms. The van der Waals surface area contributed by atoms with E-state index in [-0.39, 0.29) is 18.9 Å². The predicted octanol–water partition coefficient (Wildman–Crippen LogP) is 2.68. The number of rotatable bonds is 8. The number of ether oxygens (including phenoxy) is 2. The number of amides is 4. The number of hydrogen-bond acceptors (Lipinski definition) is 5. The van der Waals surface area contributed by atoms with Crippen molar-refractivity contribution in [3.05, 3.63) is 54.2 Å². The second-order valence-corrected chi connectivity index (χ2v) is 7.46. The number of carbonyl (C=O) groups excluding carboxylic acids is 3. The highest BCUT2D eigenvalue weighted by Crippen LogP contribution is 2.28. The SMILES string of the molecule is COc1ccc(CCN2C(=O)NC(CC(=O)Nc3ccc4cc[nH]c4c3)C2=O)cc1OC. The maximum absolute atomic E-state index is 12.7. The number of fused-ring (bicyclic) bond motifs is 1. The predicted molar refractivity (Wildman–Crippen MR) is 119 cm³/mol. The molecule has 4 rings (SSSR count). The summed E-state index contributed by atoms with van der Waals surface area (Å²) in [7, 11) is 3.10. The lowest BCUT2D eigenvalue weighted by Crippen LogP contribution is -2.34. The van der Waals surface area contributed by atoms with Crippen molar-refractivity contribution in [1.82, 2.24) is 15.2 Å². The van der Waals surface area contributed by atoms with E-state index >= 15 is 0 Å². The number of aromatic amines is 1. The first-order valence-electron chi connectivity index (χ1n) is 10.2. The number of carbonyl (C=O) groups is 3. The van der Waals surface area contributed by atoms with E-state index in [1.165, 1.54) is 0 Å². The van der Waals surface area contributed by atoms with Crippen molar-refractivity contribution in [1.29, 1.82) is 0 Å². The summed E-state index contributed by atoms with van der Waals surface area (Å²) in [6.45, 7) is 0.196. The van der Waals surface area contributed by atoms with Crippen LogP contribution < -0.4 is 20.1 Å². The largest absolute Gasteiger partial charge is 0.493 e. The molecule has 1 aromatic heterocycles. The summed E-state index contributed by atoms with van der Waals surface area (Å²) < 4.78 is 10.5. The van der Waals surface area contributed by atoms with Gasteiger partial charge in [-0.25, -0.2) is 4.79 Å². The lowest BCUT2D eigenvalue weighted by molar-refractivity contribution is -0.129. The first-order valence-corrected chi connectivity index (χ1v) is 10.2. The fraction of sp³-hybridized carbons (Fsp3) is 0.261. The lowest BCUT2D eigenvalue weighted by Gasteiger charge is -2.14. The molecule has 1 fully saturated rings. The minimum atomic E-state index is -0.887. The Kier molecular flexibility index (Phi) is 5.98. The van der Waals surface area contributed by atoms with Gasteiger partial charge in [-0.1, -0.05) is 12.1 Å². The molecule has 2 aromatic carbocycles. The number of nitrogens with zero attached hydrogens (tertiary/aromatic N) is 1. The number of urea groups is 1. The summed E-state index contributed by atoms with van der Waals surface area (Å²) in [5.41, 5.74) is 2.41. The Bertz CT molecular complexity index is 1170. The maximum atomic E-state index is 12.7. The molecule has 1 saturated heterocycles. The molecule has 32 heavy (non-hydrogen) atoms. The van der Waals surface area contributed by atoms with E-state index < -0.39 is 18.0 Å². The molecule has 0 radical (unpaired) electrons. The van der Waals surface area contributed by atoms with E-state index in [0.717, 1.165) is 21.4 Å². The van der Waals surface area contributed by atoms with Crippen molar-refractivity contribution in [2.45, 2.75) is 18.9 Å². The molecular formula is C23H24N4O5. The van der Waals surface area contributed by atoms with Gasteiger partial charge in [-0.3, -0.25) is 14.5 Å². The summed E-state index contributed by atoms with van der Waals surface area (Å²) in [5, 5.41) is 6.41. The molecule has 0 aliphatic carbocycles. The van der Waals surface area contributed by atoms with Crippen LogP contribution in [0.1, 0.15) is 12.0 Å². The van der Waals surface area contributed by atoms with Crippen molar-refractivity contribution in [2.24, 2.45) is 0 Å². The molecule has 166 valence electrons. The van der Waals surface area contributed by atoms with Gasteiger partial charge in [0.15, 0.2) is 11.5 Å². The molecule has 3 N–H and O–H groups in total. The Morgan fingerprint density at radius 1 is 1.06 bits per heavy atom. The Morgan fingerprint density at radius 2 is 1.88 bits per heavy atom. The summed E-state index contributed by atoms with van der Waals surface area (Å²) >= 11 is 0. The van der Waals surface area contributed by atoms with Crippen molar-refractivity contribution >= 4 is 34.4 Å². The van der Waals surface area contributed by atoms with Gasteiger partial charge in [0.05, 0.1) is 20.6 Å². The summed E-state index contributed by atoms with van der Waals surface area (Å²) in [6, 6.07) is 11.5. The Hall–Kier alpha value is -4.01. The van der Waals surface area contributed by atoms with E-state index in [1.54, 1.807) is 26.4 Å². The van der Waals surface area contributed by atoms with Crippen LogP contribution in [0.3, 0.4) is 0 Å². The molecule has 9 heteroatoms. The zero-order valence-corrected chi connectivity index (χ0v) is 17.8. The van der Waals surface area contributed by atoms with Crippen LogP contribution in [0.2, 0.25) is 0 Å². The molecule has 9 nitrogen and oxygen atoms in total. The first kappa shape index (κ1) is 21.2. The number of aromatic nitrogens is 1. The lowest BCUT2D eigenvalue weighted by atomic mass is 10.1. The first-order chi connectivity index (χ1) is 15.5. The van der Waals surface area contributed by atoms with Crippen LogP contribution in [-0.2, 0) is 16.0 Å². The van der Waals surface area contributed by atoms with E-state index in [0.29, 0.717) is 23.6 Å². The summed E-state index contributed by atoms with van der Waals surface area (Å²) in [5.74, 6) is 0.420. The van der Waals surface area contributed by atoms with E-state index in [1.807, 2.05) is 36.5 Å². The minimum Gasteiger partial charge on any atom is -0.493 e. The highest BCUT2D eigenvalue weighted by Gasteiger charge is 2.38. The molecule has 1 aliphatic rings. The van der Waals surface area contributed by atoms with Crippen LogP contribution in [0.4, 0.5) is 10.5 Å². The topological polar surface area (TPSA) is 113 Å². The fourth-order valence-corrected chi connectivity index (χ4v) is 3.73. The van der Waals surface area contributed by atoms with Crippen LogP contribution in [0.25, 0.3) is 10.9 Å². The van der Waals surface area contributed by atoms with Crippen LogP contribution in [0.15, 0.2) is 48.7 Å². The zero-order chi connectivity index (χ0) is 22.7. The zero-order valence-electron chi connectivity index (χ0n) is 17.8. The number of nitrogens with one attached hydrogen (secondary N) is 3. The van der Waals surface area contributed by atoms with Crippen molar-refractivity contribution in [3.8, 4) is 11.5 Å². The number of methoxy groups -OCH3 is 2. The van der Waals surface area contributed by atoms with Crippen LogP contribution in [0, 0.1) is 0 Å². The Balaban J connectivity index is 1.34. The van der Waals surface area contributed by atoms with Crippen LogP contribution >= 0.6 is 0 Å². The molecule has 1 unspecified atom stereocenters. The molecule has 4 amide bonds. The van der Waals surface area contributed by atoms with Crippen molar-refractivity contribution in [2.75, 3.05) is 26.1 Å². The highest BCUT2D eigenvalue weighted by molar-refractivity contribution is 6.07. The van der Waals surface area contributed by atoms with Gasteiger partial charge in [0, 0.05) is 23.9 Å². The van der Waals surface area contributed by atoms with E-state index in [4.69, 9.17) is 9.47 Å². The van der Waals surface area contributed by atoms with Gasteiger partial charge >= 0.3 is 6.03 Å². The second-order valence-electron chi connectivity index (χ2n) is 7.46. The Labute approximate surface area is 184 Å². The second kappa shape index (κ2) is 9.01. The molecule has 0 spiro atoms. The monoisotopic (exact) mass is 436 g/mol. The third-order valence-electron chi connectivity index (χ3n) is 5.41. The highest BCUT2D eigenvalue weighted by atomic mass is 16.5. The molecule has 3 aromatic rings. The van der Waals surface area contributed by atoms with Crippen molar-refractivity contribution in [3.63, 3.8) is 0 Å². The number of benzene rings is 2. The quantitative estimate of drug-likeness (QED) is 0.470. The van der Waals surface area contributed by atoms with Gasteiger partial charge in [0.25, 0.3) is 5.91 Å². The average Bonchev–Trinajstić information content (AvgIpc) is 3.35. The molecule has 0 saturated carbocycles. The van der Waals surface area contributed by atoms with Gasteiger partial charge in [-0.2, -0.15) is 0 Å². The van der Waals surface area contributed by atoms with E-state index in [9.17, 15) is 14.4 Å². The minimum absolute atomic E-state index is 0.139. The van der Waals surface area contributed by atoms with Gasteiger partial charge in [0.1, 0.15) is 6.04 Å². The Morgan fingerprint density at radius 3 is 2.66 bits per heavy atom. The number of H-pyrrole nitrogens is 1. The summed E-state index contributed by atoms with van der Waals surface area (Å²) in [4.78, 5) is 41.7. The average molecular weight is 436 g/mol. The molecule has 2 heterocycles. The van der Waals surface area contributed by atoms with Gasteiger partial charge in [-0.15, -0.1) is 0 Å². The number of hydrogen-bond donors (Lipinski definition) is 3.